The van der Waals surface area contributed by atoms with Gasteiger partial charge in [0, 0.05) is 11.9 Å². The number of hydrogen-bond donors (Lipinski definition) is 1. The highest BCUT2D eigenvalue weighted by Crippen LogP contribution is 2.49. The number of nitrogens with zero attached hydrogens (tertiary/aromatic N) is 1. The number of carbonyl (C=O) groups excluding carboxylic acids is 2. The van der Waals surface area contributed by atoms with Crippen molar-refractivity contribution in [2.75, 3.05) is 13.7 Å². The van der Waals surface area contributed by atoms with Gasteiger partial charge in [-0.1, -0.05) is 25.1 Å². The molecular weight excluding hydrogens is 482 g/mol. The zero-order valence-electron chi connectivity index (χ0n) is 20.6. The highest BCUT2D eigenvalue weighted by Gasteiger charge is 2.53. The molecule has 190 valence electrons. The first-order valence-electron chi connectivity index (χ1n) is 12.3. The lowest BCUT2D eigenvalue weighted by atomic mass is 9.74. The van der Waals surface area contributed by atoms with Crippen LogP contribution < -0.4 is 9.47 Å². The van der Waals surface area contributed by atoms with Gasteiger partial charge in [0.2, 0.25) is 0 Å². The van der Waals surface area contributed by atoms with Gasteiger partial charge in [-0.05, 0) is 61.1 Å². The number of phenols is 1. The number of aromatic hydroxyl groups is 1. The van der Waals surface area contributed by atoms with Crippen molar-refractivity contribution in [1.82, 2.24) is 4.90 Å². The predicted molar refractivity (Wildman–Crippen MR) is 134 cm³/mol. The van der Waals surface area contributed by atoms with E-state index in [0.29, 0.717) is 42.1 Å². The number of methoxy groups -OCH3 is 1. The number of ketones is 1. The molecule has 8 heteroatoms. The van der Waals surface area contributed by atoms with Crippen molar-refractivity contribution in [3.05, 3.63) is 64.9 Å². The highest BCUT2D eigenvalue weighted by atomic mass is 35.5. The number of fused-ring (bicyclic) bond motifs is 1. The zero-order valence-corrected chi connectivity index (χ0v) is 21.3. The van der Waals surface area contributed by atoms with Crippen molar-refractivity contribution in [3.8, 4) is 17.2 Å². The first-order chi connectivity index (χ1) is 17.3. The van der Waals surface area contributed by atoms with Crippen molar-refractivity contribution < 1.29 is 28.9 Å². The molecule has 0 aromatic heterocycles. The number of carbonyl (C=O) groups is 2. The van der Waals surface area contributed by atoms with Crippen LogP contribution in [0.5, 0.6) is 17.2 Å². The number of hydrogen-bond acceptors (Lipinski definition) is 6. The summed E-state index contributed by atoms with van der Waals surface area (Å²) in [4.78, 5) is 29.3. The molecule has 5 atom stereocenters. The molecule has 1 aliphatic carbocycles. The fourth-order valence-corrected chi connectivity index (χ4v) is 5.77. The van der Waals surface area contributed by atoms with E-state index in [1.54, 1.807) is 24.1 Å². The summed E-state index contributed by atoms with van der Waals surface area (Å²) < 4.78 is 17.1. The summed E-state index contributed by atoms with van der Waals surface area (Å²) in [7, 11) is 1.60. The number of ether oxygens (including phenoxy) is 3. The third-order valence-corrected chi connectivity index (χ3v) is 8.03. The van der Waals surface area contributed by atoms with E-state index < -0.39 is 6.04 Å². The quantitative estimate of drug-likeness (QED) is 0.563. The van der Waals surface area contributed by atoms with Crippen LogP contribution in [0.3, 0.4) is 0 Å². The van der Waals surface area contributed by atoms with Crippen LogP contribution in [-0.2, 0) is 20.9 Å². The van der Waals surface area contributed by atoms with Gasteiger partial charge in [0.25, 0.3) is 5.91 Å². The summed E-state index contributed by atoms with van der Waals surface area (Å²) in [6.07, 6.45) is 0.791. The van der Waals surface area contributed by atoms with E-state index in [1.807, 2.05) is 38.1 Å². The van der Waals surface area contributed by atoms with Gasteiger partial charge in [-0.3, -0.25) is 9.59 Å². The third kappa shape index (κ3) is 4.19. The number of amides is 1. The lowest BCUT2D eigenvalue weighted by molar-refractivity contribution is -0.136. The van der Waals surface area contributed by atoms with E-state index in [2.05, 4.69) is 0 Å². The van der Waals surface area contributed by atoms with Crippen LogP contribution in [0.4, 0.5) is 0 Å². The topological polar surface area (TPSA) is 85.3 Å². The van der Waals surface area contributed by atoms with Crippen LogP contribution in [0, 0.1) is 11.8 Å². The number of halogens is 1. The van der Waals surface area contributed by atoms with Gasteiger partial charge in [0.1, 0.15) is 11.9 Å². The maximum absolute atomic E-state index is 13.9. The molecule has 7 nitrogen and oxygen atoms in total. The van der Waals surface area contributed by atoms with E-state index in [9.17, 15) is 14.7 Å². The van der Waals surface area contributed by atoms with Crippen LogP contribution in [0.2, 0.25) is 0 Å². The number of benzene rings is 2. The molecule has 2 aromatic carbocycles. The van der Waals surface area contributed by atoms with Gasteiger partial charge < -0.3 is 24.2 Å². The molecule has 1 saturated carbocycles. The Hall–Kier alpha value is -3.19. The molecule has 2 aliphatic heterocycles. The first kappa shape index (κ1) is 24.5. The molecule has 3 aliphatic rings. The molecular formula is C28H30ClNO6. The zero-order chi connectivity index (χ0) is 25.6. The van der Waals surface area contributed by atoms with Crippen molar-refractivity contribution in [1.29, 1.82) is 0 Å². The van der Waals surface area contributed by atoms with Crippen molar-refractivity contribution >= 4 is 23.3 Å². The summed E-state index contributed by atoms with van der Waals surface area (Å²) in [5.74, 6) is 0.552. The summed E-state index contributed by atoms with van der Waals surface area (Å²) >= 11 is 6.56. The van der Waals surface area contributed by atoms with E-state index in [-0.39, 0.29) is 53.1 Å². The van der Waals surface area contributed by atoms with Crippen LogP contribution in [0.1, 0.15) is 43.9 Å². The summed E-state index contributed by atoms with van der Waals surface area (Å²) in [6.45, 7) is 4.51. The molecule has 0 spiro atoms. The Bertz CT molecular complexity index is 1210. The van der Waals surface area contributed by atoms with Gasteiger partial charge in [-0.25, -0.2) is 0 Å². The minimum Gasteiger partial charge on any atom is -0.504 e. The molecule has 0 radical (unpaired) electrons. The fraction of sp³-hybridized carbons (Fsp3) is 0.429. The van der Waals surface area contributed by atoms with Crippen LogP contribution >= 0.6 is 11.6 Å². The SMILES string of the molecule is CCOc1cc(C2C3=C(OC4CC(C)C(Cl)CC4C3=O)C(=O)N2Cc2ccc(OC)cc2)ccc1O. The summed E-state index contributed by atoms with van der Waals surface area (Å²) in [5, 5.41) is 10.1. The molecule has 5 unspecified atom stereocenters. The monoisotopic (exact) mass is 511 g/mol. The number of phenolic OH excluding ortho intramolecular Hbond substituents is 1. The fourth-order valence-electron chi connectivity index (χ4n) is 5.47. The lowest BCUT2D eigenvalue weighted by Crippen LogP contribution is -2.44. The smallest absolute Gasteiger partial charge is 0.290 e. The van der Waals surface area contributed by atoms with Gasteiger partial charge in [0.15, 0.2) is 23.0 Å². The van der Waals surface area contributed by atoms with Crippen LogP contribution in [0.25, 0.3) is 0 Å². The van der Waals surface area contributed by atoms with E-state index in [1.165, 1.54) is 6.07 Å². The molecule has 1 fully saturated rings. The molecule has 5 rings (SSSR count). The average Bonchev–Trinajstić information content (AvgIpc) is 3.14. The first-order valence-corrected chi connectivity index (χ1v) is 12.7. The van der Waals surface area contributed by atoms with Crippen molar-refractivity contribution in [2.45, 2.75) is 50.8 Å². The minimum absolute atomic E-state index is 0.00151. The highest BCUT2D eigenvalue weighted by molar-refractivity contribution is 6.21. The second-order valence-electron chi connectivity index (χ2n) is 9.68. The normalized spacial score (nSPS) is 27.4. The number of rotatable bonds is 6. The Kier molecular flexibility index (Phi) is 6.60. The molecule has 0 bridgehead atoms. The van der Waals surface area contributed by atoms with E-state index in [4.69, 9.17) is 25.8 Å². The standard InChI is InChI=1S/C28H30ClNO6/c1-4-35-23-12-17(7-10-21(23)31)25-24-26(32)19-13-20(29)15(2)11-22(19)36-27(24)28(33)30(25)14-16-5-8-18(34-3)9-6-16/h5-10,12,15,19-20,22,25,31H,4,11,13-14H2,1-3H3. The maximum atomic E-state index is 13.9. The Labute approximate surface area is 215 Å². The van der Waals surface area contributed by atoms with E-state index >= 15 is 0 Å². The molecule has 36 heavy (non-hydrogen) atoms. The van der Waals surface area contributed by atoms with Crippen LogP contribution in [-0.4, -0.2) is 46.9 Å². The lowest BCUT2D eigenvalue weighted by Gasteiger charge is -2.40. The maximum Gasteiger partial charge on any atom is 0.290 e. The second kappa shape index (κ2) is 9.69. The Morgan fingerprint density at radius 3 is 2.58 bits per heavy atom. The molecule has 0 saturated heterocycles. The van der Waals surface area contributed by atoms with E-state index in [0.717, 1.165) is 5.56 Å². The number of alkyl halides is 1. The van der Waals surface area contributed by atoms with Gasteiger partial charge in [0.05, 0.1) is 31.2 Å². The van der Waals surface area contributed by atoms with Gasteiger partial charge in [-0.2, -0.15) is 0 Å². The summed E-state index contributed by atoms with van der Waals surface area (Å²) in [6, 6.07) is 11.7. The van der Waals surface area contributed by atoms with Crippen LogP contribution in [0.15, 0.2) is 53.8 Å². The largest absolute Gasteiger partial charge is 0.504 e. The van der Waals surface area contributed by atoms with Crippen molar-refractivity contribution in [2.24, 2.45) is 11.8 Å². The Morgan fingerprint density at radius 2 is 1.89 bits per heavy atom. The Balaban J connectivity index is 1.57. The predicted octanol–water partition coefficient (Wildman–Crippen LogP) is 4.76. The molecule has 2 heterocycles. The third-order valence-electron chi connectivity index (χ3n) is 7.42. The Morgan fingerprint density at radius 1 is 1.14 bits per heavy atom. The van der Waals surface area contributed by atoms with Gasteiger partial charge >= 0.3 is 0 Å². The molecule has 1 amide bonds. The average molecular weight is 512 g/mol. The van der Waals surface area contributed by atoms with Crippen molar-refractivity contribution in [3.63, 3.8) is 0 Å². The molecule has 1 N–H and O–H groups in total. The summed E-state index contributed by atoms with van der Waals surface area (Å²) in [5.41, 5.74) is 1.92. The number of Topliss-reactive ketones (excluding diaryl/α,β-unsaturated/α-hetero) is 1. The molecule has 2 aromatic rings. The van der Waals surface area contributed by atoms with Gasteiger partial charge in [-0.15, -0.1) is 11.6 Å². The second-order valence-corrected chi connectivity index (χ2v) is 10.2. The minimum atomic E-state index is -0.670.